The Morgan fingerprint density at radius 3 is 2.21 bits per heavy atom. The van der Waals surface area contributed by atoms with Gasteiger partial charge in [-0.1, -0.05) is 0 Å². The van der Waals surface area contributed by atoms with E-state index in [1.54, 1.807) is 6.92 Å². The Hall–Kier alpha value is -0.410. The van der Waals surface area contributed by atoms with E-state index in [2.05, 4.69) is 4.90 Å². The Morgan fingerprint density at radius 1 is 1.36 bits per heavy atom. The average Bonchev–Trinajstić information content (AvgIpc) is 2.16. The van der Waals surface area contributed by atoms with Crippen LogP contribution in [-0.2, 0) is 4.79 Å². The molecule has 2 unspecified atom stereocenters. The lowest BCUT2D eigenvalue weighted by Crippen LogP contribution is -2.44. The van der Waals surface area contributed by atoms with Gasteiger partial charge in [0, 0.05) is 0 Å². The molecule has 1 saturated heterocycles. The van der Waals surface area contributed by atoms with Gasteiger partial charge in [0.25, 0.3) is 0 Å². The van der Waals surface area contributed by atoms with Crippen LogP contribution in [0.4, 0.5) is 0 Å². The third kappa shape index (κ3) is 2.79. The van der Waals surface area contributed by atoms with E-state index in [1.165, 1.54) is 0 Å². The second-order valence-corrected chi connectivity index (χ2v) is 4.40. The fraction of sp³-hybridized carbons (Fsp3) is 0.909. The van der Waals surface area contributed by atoms with Crippen LogP contribution >= 0.6 is 0 Å². The molecule has 0 aliphatic carbocycles. The maximum absolute atomic E-state index is 11.2. The lowest BCUT2D eigenvalue weighted by atomic mass is 9.91. The molecule has 1 aliphatic rings. The molecule has 0 spiro atoms. The maximum Gasteiger partial charge on any atom is 0.146 e. The van der Waals surface area contributed by atoms with E-state index >= 15 is 0 Å². The van der Waals surface area contributed by atoms with Gasteiger partial charge in [-0.25, -0.2) is 0 Å². The van der Waals surface area contributed by atoms with E-state index < -0.39 is 0 Å². The van der Waals surface area contributed by atoms with Gasteiger partial charge in [0.1, 0.15) is 5.78 Å². The van der Waals surface area contributed by atoms with Crippen LogP contribution in [-0.4, -0.2) is 41.0 Å². The Kier molecular flexibility index (Phi) is 4.08. The highest BCUT2D eigenvalue weighted by molar-refractivity contribution is 5.80. The average molecular weight is 199 g/mol. The number of carbonyl (C=O) groups is 1. The molecule has 1 fully saturated rings. The number of aliphatic hydroxyl groups is 1. The quantitative estimate of drug-likeness (QED) is 0.739. The minimum Gasteiger partial charge on any atom is -0.393 e. The van der Waals surface area contributed by atoms with Crippen LogP contribution in [0.3, 0.4) is 0 Å². The first-order chi connectivity index (χ1) is 6.52. The summed E-state index contributed by atoms with van der Waals surface area (Å²) in [7, 11) is 0. The normalized spacial score (nSPS) is 24.6. The fourth-order valence-electron chi connectivity index (χ4n) is 2.05. The first-order valence-corrected chi connectivity index (χ1v) is 5.45. The predicted molar refractivity (Wildman–Crippen MR) is 56.1 cm³/mol. The lowest BCUT2D eigenvalue weighted by Gasteiger charge is -2.35. The SMILES string of the molecule is CC(=O)C(C)N1CCC(C(C)O)CC1. The van der Waals surface area contributed by atoms with Gasteiger partial charge in [-0.05, 0) is 52.6 Å². The van der Waals surface area contributed by atoms with Gasteiger partial charge >= 0.3 is 0 Å². The van der Waals surface area contributed by atoms with E-state index in [9.17, 15) is 9.90 Å². The Balaban J connectivity index is 2.39. The number of ketones is 1. The first-order valence-electron chi connectivity index (χ1n) is 5.45. The highest BCUT2D eigenvalue weighted by Crippen LogP contribution is 2.21. The fourth-order valence-corrected chi connectivity index (χ4v) is 2.05. The largest absolute Gasteiger partial charge is 0.393 e. The number of hydrogen-bond acceptors (Lipinski definition) is 3. The summed E-state index contributed by atoms with van der Waals surface area (Å²) in [5, 5.41) is 9.43. The zero-order chi connectivity index (χ0) is 10.7. The third-order valence-electron chi connectivity index (χ3n) is 3.39. The second-order valence-electron chi connectivity index (χ2n) is 4.40. The molecule has 14 heavy (non-hydrogen) atoms. The zero-order valence-electron chi connectivity index (χ0n) is 9.36. The number of likely N-dealkylation sites (tertiary alicyclic amines) is 1. The minimum absolute atomic E-state index is 0.0462. The summed E-state index contributed by atoms with van der Waals surface area (Å²) in [6.07, 6.45) is 1.81. The summed E-state index contributed by atoms with van der Waals surface area (Å²) in [5.74, 6) is 0.658. The molecule has 0 bridgehead atoms. The van der Waals surface area contributed by atoms with Crippen LogP contribution in [0.5, 0.6) is 0 Å². The Morgan fingerprint density at radius 2 is 1.86 bits per heavy atom. The Bertz CT molecular complexity index is 195. The monoisotopic (exact) mass is 199 g/mol. The van der Waals surface area contributed by atoms with Crippen LogP contribution in [0, 0.1) is 5.92 Å². The molecule has 1 rings (SSSR count). The van der Waals surface area contributed by atoms with Crippen molar-refractivity contribution in [2.45, 2.75) is 45.8 Å². The lowest BCUT2D eigenvalue weighted by molar-refractivity contribution is -0.122. The molecular weight excluding hydrogens is 178 g/mol. The van der Waals surface area contributed by atoms with Crippen LogP contribution in [0.1, 0.15) is 33.6 Å². The van der Waals surface area contributed by atoms with Crippen molar-refractivity contribution in [2.24, 2.45) is 5.92 Å². The molecule has 0 aromatic heterocycles. The minimum atomic E-state index is -0.204. The van der Waals surface area contributed by atoms with Gasteiger partial charge in [0.15, 0.2) is 0 Å². The Labute approximate surface area is 86.1 Å². The maximum atomic E-state index is 11.2. The summed E-state index contributed by atoms with van der Waals surface area (Å²) >= 11 is 0. The second kappa shape index (κ2) is 4.89. The van der Waals surface area contributed by atoms with Gasteiger partial charge in [0.2, 0.25) is 0 Å². The van der Waals surface area contributed by atoms with Crippen LogP contribution in [0.2, 0.25) is 0 Å². The number of carbonyl (C=O) groups excluding carboxylic acids is 1. The molecule has 82 valence electrons. The van der Waals surface area contributed by atoms with Crippen LogP contribution in [0.25, 0.3) is 0 Å². The van der Waals surface area contributed by atoms with Gasteiger partial charge in [-0.15, -0.1) is 0 Å². The summed E-state index contributed by atoms with van der Waals surface area (Å²) < 4.78 is 0. The number of hydrogen-bond donors (Lipinski definition) is 1. The number of rotatable bonds is 3. The topological polar surface area (TPSA) is 40.5 Å². The molecule has 1 N–H and O–H groups in total. The predicted octanol–water partition coefficient (Wildman–Crippen LogP) is 1.06. The molecular formula is C11H21NO2. The number of nitrogens with zero attached hydrogens (tertiary/aromatic N) is 1. The molecule has 3 nitrogen and oxygen atoms in total. The highest BCUT2D eigenvalue weighted by Gasteiger charge is 2.26. The third-order valence-corrected chi connectivity index (χ3v) is 3.39. The van der Waals surface area contributed by atoms with Crippen molar-refractivity contribution in [2.75, 3.05) is 13.1 Å². The van der Waals surface area contributed by atoms with E-state index in [-0.39, 0.29) is 17.9 Å². The number of Topliss-reactive ketones (excluding diaryl/α,β-unsaturated/α-hetero) is 1. The van der Waals surface area contributed by atoms with Gasteiger partial charge in [-0.2, -0.15) is 0 Å². The highest BCUT2D eigenvalue weighted by atomic mass is 16.3. The standard InChI is InChI=1S/C11H21NO2/c1-8(9(2)13)12-6-4-11(5-7-12)10(3)14/h8,10-11,14H,4-7H2,1-3H3. The molecule has 0 aromatic carbocycles. The van der Waals surface area contributed by atoms with E-state index in [0.29, 0.717) is 5.92 Å². The van der Waals surface area contributed by atoms with E-state index in [4.69, 9.17) is 0 Å². The summed E-state index contributed by atoms with van der Waals surface area (Å²) in [6.45, 7) is 7.35. The smallest absolute Gasteiger partial charge is 0.146 e. The zero-order valence-corrected chi connectivity index (χ0v) is 9.36. The van der Waals surface area contributed by atoms with Gasteiger partial charge in [0.05, 0.1) is 12.1 Å². The molecule has 1 aliphatic heterocycles. The van der Waals surface area contributed by atoms with Crippen molar-refractivity contribution in [3.63, 3.8) is 0 Å². The van der Waals surface area contributed by atoms with Crippen LogP contribution in [0.15, 0.2) is 0 Å². The van der Waals surface area contributed by atoms with Crippen molar-refractivity contribution < 1.29 is 9.90 Å². The first kappa shape index (κ1) is 11.7. The molecule has 0 radical (unpaired) electrons. The van der Waals surface area contributed by atoms with E-state index in [0.717, 1.165) is 25.9 Å². The van der Waals surface area contributed by atoms with Crippen molar-refractivity contribution in [1.82, 2.24) is 4.90 Å². The molecule has 2 atom stereocenters. The van der Waals surface area contributed by atoms with E-state index in [1.807, 2.05) is 13.8 Å². The van der Waals surface area contributed by atoms with Crippen molar-refractivity contribution in [3.05, 3.63) is 0 Å². The van der Waals surface area contributed by atoms with Crippen LogP contribution < -0.4 is 0 Å². The number of piperidine rings is 1. The molecule has 1 heterocycles. The summed E-state index contributed by atoms with van der Waals surface area (Å²) in [5.41, 5.74) is 0. The molecule has 0 amide bonds. The number of aliphatic hydroxyl groups excluding tert-OH is 1. The molecule has 3 heteroatoms. The molecule has 0 aromatic rings. The van der Waals surface area contributed by atoms with Gasteiger partial charge < -0.3 is 5.11 Å². The van der Waals surface area contributed by atoms with Gasteiger partial charge in [-0.3, -0.25) is 9.69 Å². The summed E-state index contributed by atoms with van der Waals surface area (Å²) in [6, 6.07) is 0.0462. The summed E-state index contributed by atoms with van der Waals surface area (Å²) in [4.78, 5) is 13.4. The van der Waals surface area contributed by atoms with Crippen molar-refractivity contribution in [1.29, 1.82) is 0 Å². The van der Waals surface area contributed by atoms with Crippen molar-refractivity contribution in [3.8, 4) is 0 Å². The molecule has 0 saturated carbocycles. The van der Waals surface area contributed by atoms with Crippen molar-refractivity contribution >= 4 is 5.78 Å².